The maximum absolute atomic E-state index is 11.6. The molecule has 3 N–H and O–H groups in total. The van der Waals surface area contributed by atoms with E-state index >= 15 is 0 Å². The van der Waals surface area contributed by atoms with Gasteiger partial charge in [-0.3, -0.25) is 4.79 Å². The Labute approximate surface area is 111 Å². The molecule has 0 bridgehead atoms. The Morgan fingerprint density at radius 2 is 2.28 bits per heavy atom. The van der Waals surface area contributed by atoms with Crippen molar-refractivity contribution in [3.05, 3.63) is 34.5 Å². The molecule has 5 heteroatoms. The van der Waals surface area contributed by atoms with Crippen molar-refractivity contribution in [2.75, 3.05) is 0 Å². The first-order valence-electron chi connectivity index (χ1n) is 5.92. The van der Waals surface area contributed by atoms with E-state index in [0.717, 1.165) is 35.0 Å². The second-order valence-corrected chi connectivity index (χ2v) is 5.29. The first-order chi connectivity index (χ1) is 8.52. The molecule has 1 aliphatic rings. The molecular weight excluding hydrogens is 246 g/mol. The fourth-order valence-corrected chi connectivity index (χ4v) is 2.95. The van der Waals surface area contributed by atoms with Crippen LogP contribution in [-0.2, 0) is 16.5 Å². The standard InChI is InChI=1S/C13H12BClN2O/c14-13(12(16)18)5-1-2-8-9-6-7(15)3-4-10(9)17-11(8)13/h3-4,6,17H,1-2,5H2,(H2,16,18)/t13-/m0/s1. The highest BCUT2D eigenvalue weighted by Gasteiger charge is 2.38. The summed E-state index contributed by atoms with van der Waals surface area (Å²) in [7, 11) is 6.18. The van der Waals surface area contributed by atoms with Crippen LogP contribution in [0, 0.1) is 0 Å². The van der Waals surface area contributed by atoms with Crippen LogP contribution in [-0.4, -0.2) is 18.7 Å². The fourth-order valence-electron chi connectivity index (χ4n) is 2.78. The van der Waals surface area contributed by atoms with Gasteiger partial charge in [0.1, 0.15) is 0 Å². The number of nitrogens with two attached hydrogens (primary N) is 1. The minimum atomic E-state index is -1.08. The van der Waals surface area contributed by atoms with Crippen LogP contribution >= 0.6 is 11.6 Å². The molecule has 90 valence electrons. The summed E-state index contributed by atoms with van der Waals surface area (Å²) in [6, 6.07) is 5.62. The minimum Gasteiger partial charge on any atom is -0.370 e. The van der Waals surface area contributed by atoms with Crippen molar-refractivity contribution in [3.8, 4) is 0 Å². The van der Waals surface area contributed by atoms with Crippen molar-refractivity contribution in [2.24, 2.45) is 5.73 Å². The molecule has 0 aliphatic heterocycles. The van der Waals surface area contributed by atoms with Gasteiger partial charge in [-0.25, -0.2) is 0 Å². The highest BCUT2D eigenvalue weighted by molar-refractivity contribution is 6.31. The summed E-state index contributed by atoms with van der Waals surface area (Å²) < 4.78 is 0. The molecule has 1 aromatic carbocycles. The summed E-state index contributed by atoms with van der Waals surface area (Å²) in [5.41, 5.74) is 8.22. The van der Waals surface area contributed by atoms with Gasteiger partial charge >= 0.3 is 0 Å². The van der Waals surface area contributed by atoms with E-state index in [4.69, 9.17) is 25.2 Å². The van der Waals surface area contributed by atoms with Crippen molar-refractivity contribution < 1.29 is 4.79 Å². The predicted octanol–water partition coefficient (Wildman–Crippen LogP) is 2.01. The van der Waals surface area contributed by atoms with Crippen molar-refractivity contribution in [2.45, 2.75) is 24.6 Å². The van der Waals surface area contributed by atoms with E-state index in [0.29, 0.717) is 11.4 Å². The zero-order chi connectivity index (χ0) is 12.9. The summed E-state index contributed by atoms with van der Waals surface area (Å²) >= 11 is 6.01. The number of carbonyl (C=O) groups is 1. The van der Waals surface area contributed by atoms with Gasteiger partial charge < -0.3 is 10.7 Å². The SMILES string of the molecule is [B][C@@]1(C(N)=O)CCCc2c1[nH]c1ccc(Cl)cc21. The molecular formula is C13H12BClN2O. The van der Waals surface area contributed by atoms with Crippen molar-refractivity contribution in [1.82, 2.24) is 4.98 Å². The molecule has 0 unspecified atom stereocenters. The van der Waals surface area contributed by atoms with Crippen LogP contribution in [0.1, 0.15) is 24.1 Å². The highest BCUT2D eigenvalue weighted by atomic mass is 35.5. The maximum atomic E-state index is 11.6. The van der Waals surface area contributed by atoms with Crippen LogP contribution in [0.2, 0.25) is 5.02 Å². The zero-order valence-electron chi connectivity index (χ0n) is 9.79. The average molecular weight is 259 g/mol. The van der Waals surface area contributed by atoms with E-state index < -0.39 is 11.2 Å². The molecule has 0 saturated heterocycles. The predicted molar refractivity (Wildman–Crippen MR) is 72.9 cm³/mol. The molecule has 18 heavy (non-hydrogen) atoms. The van der Waals surface area contributed by atoms with Gasteiger partial charge in [0.25, 0.3) is 0 Å². The van der Waals surface area contributed by atoms with Gasteiger partial charge in [0.15, 0.2) is 0 Å². The Balaban J connectivity index is 2.31. The van der Waals surface area contributed by atoms with Crippen LogP contribution in [0.25, 0.3) is 10.9 Å². The maximum Gasteiger partial charge on any atom is 0.220 e. The van der Waals surface area contributed by atoms with Crippen molar-refractivity contribution in [3.63, 3.8) is 0 Å². The van der Waals surface area contributed by atoms with Gasteiger partial charge in [-0.05, 0) is 43.0 Å². The molecule has 2 radical (unpaired) electrons. The first kappa shape index (κ1) is 11.7. The molecule has 1 atom stereocenters. The number of primary amides is 1. The number of aromatic nitrogens is 1. The van der Waals surface area contributed by atoms with Gasteiger partial charge in [-0.2, -0.15) is 0 Å². The average Bonchev–Trinajstić information content (AvgIpc) is 2.69. The van der Waals surface area contributed by atoms with Crippen LogP contribution in [0.4, 0.5) is 0 Å². The topological polar surface area (TPSA) is 58.9 Å². The number of rotatable bonds is 1. The van der Waals surface area contributed by atoms with Crippen molar-refractivity contribution >= 4 is 36.3 Å². The third kappa shape index (κ3) is 1.48. The van der Waals surface area contributed by atoms with Crippen LogP contribution in [0.3, 0.4) is 0 Å². The molecule has 0 fully saturated rings. The normalized spacial score (nSPS) is 22.9. The number of halogens is 1. The number of fused-ring (bicyclic) bond motifs is 3. The third-order valence-corrected chi connectivity index (χ3v) is 3.99. The lowest BCUT2D eigenvalue weighted by Gasteiger charge is -2.31. The Morgan fingerprint density at radius 3 is 3.00 bits per heavy atom. The molecule has 2 aromatic rings. The molecule has 0 spiro atoms. The summed E-state index contributed by atoms with van der Waals surface area (Å²) in [4.78, 5) is 14.9. The number of nitrogens with one attached hydrogen (secondary N) is 1. The molecule has 3 rings (SSSR count). The molecule has 1 aliphatic carbocycles. The van der Waals surface area contributed by atoms with E-state index in [1.165, 1.54) is 0 Å². The Hall–Kier alpha value is -1.42. The summed E-state index contributed by atoms with van der Waals surface area (Å²) in [5, 5.41) is 0.629. The van der Waals surface area contributed by atoms with E-state index in [9.17, 15) is 4.79 Å². The number of aromatic amines is 1. The van der Waals surface area contributed by atoms with Gasteiger partial charge in [0.05, 0.1) is 7.85 Å². The molecule has 1 aromatic heterocycles. The Kier molecular flexibility index (Phi) is 2.45. The van der Waals surface area contributed by atoms with E-state index in [1.807, 2.05) is 18.2 Å². The molecule has 0 saturated carbocycles. The van der Waals surface area contributed by atoms with E-state index in [2.05, 4.69) is 4.98 Å². The second kappa shape index (κ2) is 3.79. The van der Waals surface area contributed by atoms with Gasteiger partial charge in [-0.15, -0.1) is 0 Å². The smallest absolute Gasteiger partial charge is 0.220 e. The number of hydrogen-bond donors (Lipinski definition) is 2. The van der Waals surface area contributed by atoms with E-state index in [-0.39, 0.29) is 0 Å². The molecule has 1 amide bonds. The van der Waals surface area contributed by atoms with Crippen LogP contribution in [0.5, 0.6) is 0 Å². The van der Waals surface area contributed by atoms with Crippen LogP contribution < -0.4 is 5.73 Å². The number of H-pyrrole nitrogens is 1. The van der Waals surface area contributed by atoms with E-state index in [1.54, 1.807) is 0 Å². The summed E-state index contributed by atoms with van der Waals surface area (Å²) in [6.07, 6.45) is 2.32. The number of carbonyl (C=O) groups excluding carboxylic acids is 1. The highest BCUT2D eigenvalue weighted by Crippen LogP contribution is 2.39. The number of amides is 1. The Bertz CT molecular complexity index is 652. The fraction of sp³-hybridized carbons (Fsp3) is 0.308. The third-order valence-electron chi connectivity index (χ3n) is 3.75. The first-order valence-corrected chi connectivity index (χ1v) is 6.29. The molecule has 1 heterocycles. The lowest BCUT2D eigenvalue weighted by atomic mass is 9.59. The minimum absolute atomic E-state index is 0.485. The molecule has 3 nitrogen and oxygen atoms in total. The van der Waals surface area contributed by atoms with Gasteiger partial charge in [0, 0.05) is 26.9 Å². The zero-order valence-corrected chi connectivity index (χ0v) is 10.6. The second-order valence-electron chi connectivity index (χ2n) is 4.86. The number of hydrogen-bond acceptors (Lipinski definition) is 1. The summed E-state index contributed by atoms with van der Waals surface area (Å²) in [5.74, 6) is -0.485. The lowest BCUT2D eigenvalue weighted by molar-refractivity contribution is -0.121. The monoisotopic (exact) mass is 258 g/mol. The van der Waals surface area contributed by atoms with Crippen LogP contribution in [0.15, 0.2) is 18.2 Å². The largest absolute Gasteiger partial charge is 0.370 e. The Morgan fingerprint density at radius 1 is 1.50 bits per heavy atom. The number of aryl methyl sites for hydroxylation is 1. The lowest BCUT2D eigenvalue weighted by Crippen LogP contribution is -2.44. The van der Waals surface area contributed by atoms with Crippen molar-refractivity contribution in [1.29, 1.82) is 0 Å². The quantitative estimate of drug-likeness (QED) is 0.755. The van der Waals surface area contributed by atoms with Gasteiger partial charge in [0.2, 0.25) is 5.91 Å². The van der Waals surface area contributed by atoms with Gasteiger partial charge in [-0.1, -0.05) is 11.6 Å². The number of benzene rings is 1. The summed E-state index contributed by atoms with van der Waals surface area (Å²) in [6.45, 7) is 0.